The lowest BCUT2D eigenvalue weighted by atomic mass is 10.1. The maximum absolute atomic E-state index is 13.2. The monoisotopic (exact) mass is 626 g/mol. The Morgan fingerprint density at radius 2 is 1.64 bits per heavy atom. The first-order valence-corrected chi connectivity index (χ1v) is 17.2. The van der Waals surface area contributed by atoms with Crippen molar-refractivity contribution in [3.05, 3.63) is 120 Å². The molecule has 0 spiro atoms. The van der Waals surface area contributed by atoms with Crippen LogP contribution < -0.4 is 15.7 Å². The number of carbonyl (C=O) groups excluding carboxylic acids is 1. The van der Waals surface area contributed by atoms with Gasteiger partial charge in [0.05, 0.1) is 36.9 Å². The zero-order chi connectivity index (χ0) is 31.2. The Morgan fingerprint density at radius 1 is 0.955 bits per heavy atom. The lowest BCUT2D eigenvalue weighted by Crippen LogP contribution is -2.67. The molecule has 0 radical (unpaired) electrons. The third kappa shape index (κ3) is 7.00. The maximum Gasteiger partial charge on any atom is 0.276 e. The summed E-state index contributed by atoms with van der Waals surface area (Å²) in [6.45, 7) is 9.48. The molecule has 44 heavy (non-hydrogen) atoms. The fourth-order valence-corrected chi connectivity index (χ4v) is 10.7. The molecule has 5 aromatic rings. The second-order valence-corrected chi connectivity index (χ2v) is 16.6. The Bertz CT molecular complexity index is 1640. The molecule has 1 amide bonds. The van der Waals surface area contributed by atoms with E-state index in [2.05, 4.69) is 96.5 Å². The molecule has 0 saturated carbocycles. The van der Waals surface area contributed by atoms with Crippen molar-refractivity contribution in [1.29, 1.82) is 0 Å². The number of anilines is 1. The molecule has 0 aliphatic carbocycles. The number of carbonyl (C=O) groups is 1. The Labute approximate surface area is 262 Å². The van der Waals surface area contributed by atoms with Crippen molar-refractivity contribution in [2.75, 3.05) is 11.9 Å². The van der Waals surface area contributed by atoms with Crippen LogP contribution in [0.3, 0.4) is 0 Å². The minimum Gasteiger partial charge on any atom is -0.402 e. The molecular weight excluding hydrogens is 592 g/mol. The molecule has 2 aromatic carbocycles. The number of nitrogens with zero attached hydrogens (tertiary/aromatic N) is 3. The molecule has 0 aliphatic heterocycles. The Morgan fingerprint density at radius 3 is 2.25 bits per heavy atom. The number of thiazole rings is 1. The SMILES string of the molecule is C[C@H](COCc1ncccc1-c1csc(NC(=O)c2ccc(F)cn2)n1)O[Si](c1ccccc1)(c1ccccc1)C(C)(C)C. The summed E-state index contributed by atoms with van der Waals surface area (Å²) >= 11 is 1.28. The van der Waals surface area contributed by atoms with E-state index in [1.807, 2.05) is 29.6 Å². The van der Waals surface area contributed by atoms with Crippen molar-refractivity contribution in [2.24, 2.45) is 0 Å². The highest BCUT2D eigenvalue weighted by Crippen LogP contribution is 2.37. The molecule has 0 aliphatic rings. The highest BCUT2D eigenvalue weighted by Gasteiger charge is 2.51. The largest absolute Gasteiger partial charge is 0.402 e. The quantitative estimate of drug-likeness (QED) is 0.169. The standard InChI is InChI=1S/C34H35FN4O3SSi/c1-24(42-44(34(2,3)4,26-12-7-5-8-13-26)27-14-9-6-10-15-27)21-41-22-30-28(16-11-19-36-30)31-23-43-33(38-31)39-32(40)29-18-17-25(35)20-37-29/h5-20,23-24H,21-22H2,1-4H3,(H,38,39,40)/t24-/m1/s1. The van der Waals surface area contributed by atoms with Gasteiger partial charge in [-0.25, -0.2) is 14.4 Å². The maximum atomic E-state index is 13.2. The van der Waals surface area contributed by atoms with Gasteiger partial charge in [-0.1, -0.05) is 81.4 Å². The fourth-order valence-electron chi connectivity index (χ4n) is 5.26. The van der Waals surface area contributed by atoms with E-state index in [0.717, 1.165) is 17.5 Å². The van der Waals surface area contributed by atoms with Gasteiger partial charge in [-0.3, -0.25) is 15.1 Å². The molecule has 0 unspecified atom stereocenters. The summed E-state index contributed by atoms with van der Waals surface area (Å²) in [5.74, 6) is -0.969. The molecule has 7 nitrogen and oxygen atoms in total. The van der Waals surface area contributed by atoms with E-state index in [1.54, 1.807) is 6.20 Å². The van der Waals surface area contributed by atoms with Gasteiger partial charge < -0.3 is 9.16 Å². The van der Waals surface area contributed by atoms with Crippen LogP contribution in [0, 0.1) is 5.82 Å². The van der Waals surface area contributed by atoms with Crippen molar-refractivity contribution in [3.8, 4) is 11.3 Å². The average Bonchev–Trinajstić information content (AvgIpc) is 3.49. The Hall–Kier alpha value is -4.09. The van der Waals surface area contributed by atoms with Crippen LogP contribution >= 0.6 is 11.3 Å². The molecule has 226 valence electrons. The highest BCUT2D eigenvalue weighted by atomic mass is 32.1. The molecule has 3 heterocycles. The summed E-state index contributed by atoms with van der Waals surface area (Å²) in [5, 5.41) is 7.28. The number of halogens is 1. The van der Waals surface area contributed by atoms with Crippen molar-refractivity contribution >= 4 is 41.1 Å². The van der Waals surface area contributed by atoms with Gasteiger partial charge in [-0.05, 0) is 46.6 Å². The number of aromatic nitrogens is 3. The van der Waals surface area contributed by atoms with Crippen LogP contribution in [0.5, 0.6) is 0 Å². The number of pyridine rings is 2. The summed E-state index contributed by atoms with van der Waals surface area (Å²) in [5.41, 5.74) is 2.31. The molecule has 0 bridgehead atoms. The first-order chi connectivity index (χ1) is 21.2. The van der Waals surface area contributed by atoms with E-state index in [-0.39, 0.29) is 23.4 Å². The highest BCUT2D eigenvalue weighted by molar-refractivity contribution is 7.14. The molecular formula is C34H35FN4O3SSi. The minimum absolute atomic E-state index is 0.105. The van der Waals surface area contributed by atoms with Gasteiger partial charge in [0.25, 0.3) is 14.2 Å². The van der Waals surface area contributed by atoms with Gasteiger partial charge in [0.2, 0.25) is 0 Å². The topological polar surface area (TPSA) is 86.2 Å². The Kier molecular flexibility index (Phi) is 9.75. The van der Waals surface area contributed by atoms with Crippen LogP contribution in [0.15, 0.2) is 103 Å². The number of benzene rings is 2. The molecule has 0 fully saturated rings. The zero-order valence-corrected chi connectivity index (χ0v) is 27.0. The first-order valence-electron chi connectivity index (χ1n) is 14.4. The van der Waals surface area contributed by atoms with Gasteiger partial charge in [0.1, 0.15) is 11.5 Å². The van der Waals surface area contributed by atoms with Crippen molar-refractivity contribution in [1.82, 2.24) is 15.0 Å². The minimum atomic E-state index is -2.71. The van der Waals surface area contributed by atoms with Crippen molar-refractivity contribution in [2.45, 2.75) is 45.4 Å². The normalized spacial score (nSPS) is 12.6. The third-order valence-corrected chi connectivity index (χ3v) is 13.2. The van der Waals surface area contributed by atoms with E-state index in [1.165, 1.54) is 33.8 Å². The van der Waals surface area contributed by atoms with Crippen LogP contribution in [0.2, 0.25) is 5.04 Å². The van der Waals surface area contributed by atoms with E-state index >= 15 is 0 Å². The number of amides is 1. The summed E-state index contributed by atoms with van der Waals surface area (Å²) in [6, 6.07) is 27.4. The Balaban J connectivity index is 1.29. The predicted molar refractivity (Wildman–Crippen MR) is 175 cm³/mol. The summed E-state index contributed by atoms with van der Waals surface area (Å²) in [7, 11) is -2.71. The zero-order valence-electron chi connectivity index (χ0n) is 25.2. The first kappa shape index (κ1) is 31.3. The van der Waals surface area contributed by atoms with Gasteiger partial charge in [-0.2, -0.15) is 0 Å². The smallest absolute Gasteiger partial charge is 0.276 e. The summed E-state index contributed by atoms with van der Waals surface area (Å²) < 4.78 is 26.5. The summed E-state index contributed by atoms with van der Waals surface area (Å²) in [6.07, 6.45) is 2.54. The van der Waals surface area contributed by atoms with Gasteiger partial charge in [0.15, 0.2) is 5.13 Å². The van der Waals surface area contributed by atoms with Gasteiger partial charge >= 0.3 is 0 Å². The van der Waals surface area contributed by atoms with E-state index in [0.29, 0.717) is 17.4 Å². The predicted octanol–water partition coefficient (Wildman–Crippen LogP) is 6.47. The second-order valence-electron chi connectivity index (χ2n) is 11.5. The number of hydrogen-bond donors (Lipinski definition) is 1. The van der Waals surface area contributed by atoms with Crippen LogP contribution in [0.4, 0.5) is 9.52 Å². The third-order valence-electron chi connectivity index (χ3n) is 7.24. The number of rotatable bonds is 11. The fraction of sp³-hybridized carbons (Fsp3) is 0.235. The van der Waals surface area contributed by atoms with E-state index in [4.69, 9.17) is 9.16 Å². The molecule has 1 N–H and O–H groups in total. The lowest BCUT2D eigenvalue weighted by Gasteiger charge is -2.44. The van der Waals surface area contributed by atoms with E-state index < -0.39 is 20.0 Å². The van der Waals surface area contributed by atoms with Crippen LogP contribution in [0.1, 0.15) is 43.9 Å². The number of hydrogen-bond acceptors (Lipinski definition) is 7. The lowest BCUT2D eigenvalue weighted by molar-refractivity contribution is 0.0436. The number of nitrogens with one attached hydrogen (secondary N) is 1. The van der Waals surface area contributed by atoms with Gasteiger partial charge in [0, 0.05) is 17.1 Å². The molecule has 0 saturated heterocycles. The molecule has 3 aromatic heterocycles. The molecule has 10 heteroatoms. The van der Waals surface area contributed by atoms with Crippen LogP contribution in [-0.2, 0) is 15.8 Å². The van der Waals surface area contributed by atoms with Crippen molar-refractivity contribution < 1.29 is 18.3 Å². The number of ether oxygens (including phenoxy) is 1. The van der Waals surface area contributed by atoms with Crippen LogP contribution in [0.25, 0.3) is 11.3 Å². The molecule has 1 atom stereocenters. The van der Waals surface area contributed by atoms with Crippen molar-refractivity contribution in [3.63, 3.8) is 0 Å². The second kappa shape index (κ2) is 13.7. The average molecular weight is 627 g/mol. The van der Waals surface area contributed by atoms with E-state index in [9.17, 15) is 9.18 Å². The molecule has 5 rings (SSSR count). The van der Waals surface area contributed by atoms with Gasteiger partial charge in [-0.15, -0.1) is 11.3 Å². The van der Waals surface area contributed by atoms with Crippen LogP contribution in [-0.4, -0.2) is 41.9 Å². The summed E-state index contributed by atoms with van der Waals surface area (Å²) in [4.78, 5) is 25.5.